The van der Waals surface area contributed by atoms with E-state index in [-0.39, 0.29) is 12.1 Å². The molecular weight excluding hydrogens is 266 g/mol. The molecule has 0 radical (unpaired) electrons. The van der Waals surface area contributed by atoms with E-state index in [2.05, 4.69) is 26.1 Å². The van der Waals surface area contributed by atoms with Crippen LogP contribution in [0, 0.1) is 11.8 Å². The van der Waals surface area contributed by atoms with Crippen LogP contribution in [-0.4, -0.2) is 48.2 Å². The van der Waals surface area contributed by atoms with Crippen LogP contribution in [0.25, 0.3) is 0 Å². The van der Waals surface area contributed by atoms with Crippen LogP contribution in [0.15, 0.2) is 0 Å². The van der Waals surface area contributed by atoms with E-state index in [1.165, 1.54) is 6.42 Å². The summed E-state index contributed by atoms with van der Waals surface area (Å²) in [6.45, 7) is 8.43. The fourth-order valence-corrected chi connectivity index (χ4v) is 2.91. The van der Waals surface area contributed by atoms with Gasteiger partial charge in [-0.2, -0.15) is 0 Å². The van der Waals surface area contributed by atoms with Gasteiger partial charge in [0.25, 0.3) is 0 Å². The van der Waals surface area contributed by atoms with Gasteiger partial charge in [0.1, 0.15) is 0 Å². The van der Waals surface area contributed by atoms with Crippen molar-refractivity contribution < 1.29 is 14.9 Å². The van der Waals surface area contributed by atoms with E-state index in [9.17, 15) is 10.2 Å². The molecule has 0 heterocycles. The number of aliphatic hydroxyl groups is 2. The van der Waals surface area contributed by atoms with Crippen molar-refractivity contribution in [2.45, 2.75) is 70.9 Å². The van der Waals surface area contributed by atoms with E-state index < -0.39 is 6.10 Å². The molecule has 0 aromatic rings. The summed E-state index contributed by atoms with van der Waals surface area (Å²) < 4.78 is 5.52. The molecule has 0 bridgehead atoms. The number of hydrogen-bond donors (Lipinski definition) is 3. The average Bonchev–Trinajstić information content (AvgIpc) is 2.46. The van der Waals surface area contributed by atoms with E-state index in [1.807, 2.05) is 0 Å². The molecule has 4 nitrogen and oxygen atoms in total. The van der Waals surface area contributed by atoms with Crippen molar-refractivity contribution in [2.75, 3.05) is 26.4 Å². The summed E-state index contributed by atoms with van der Waals surface area (Å²) in [7, 11) is 0. The van der Waals surface area contributed by atoms with Gasteiger partial charge in [-0.25, -0.2) is 0 Å². The van der Waals surface area contributed by atoms with Crippen molar-refractivity contribution in [3.8, 4) is 0 Å². The smallest absolute Gasteiger partial charge is 0.0897 e. The number of hydrogen-bond acceptors (Lipinski definition) is 4. The van der Waals surface area contributed by atoms with Gasteiger partial charge in [0.2, 0.25) is 0 Å². The highest BCUT2D eigenvalue weighted by molar-refractivity contribution is 4.92. The number of ether oxygens (including phenoxy) is 1. The Balaban J connectivity index is 2.14. The van der Waals surface area contributed by atoms with Crippen LogP contribution in [0.2, 0.25) is 0 Å². The molecule has 1 unspecified atom stereocenters. The fourth-order valence-electron chi connectivity index (χ4n) is 2.91. The SMILES string of the molecule is CC(C)CCCOCC(O)CNC1(CO)CCC(C)CC1. The molecule has 4 heteroatoms. The van der Waals surface area contributed by atoms with Gasteiger partial charge < -0.3 is 20.3 Å². The summed E-state index contributed by atoms with van der Waals surface area (Å²) in [5.41, 5.74) is -0.189. The first-order valence-corrected chi connectivity index (χ1v) is 8.59. The second-order valence-corrected chi connectivity index (χ2v) is 7.27. The third-order valence-corrected chi connectivity index (χ3v) is 4.63. The minimum absolute atomic E-state index is 0.154. The van der Waals surface area contributed by atoms with Crippen LogP contribution in [0.4, 0.5) is 0 Å². The lowest BCUT2D eigenvalue weighted by atomic mass is 9.77. The van der Waals surface area contributed by atoms with Crippen molar-refractivity contribution in [2.24, 2.45) is 11.8 Å². The minimum Gasteiger partial charge on any atom is -0.394 e. The zero-order chi connectivity index (χ0) is 15.7. The molecular formula is C17H35NO3. The second kappa shape index (κ2) is 9.78. The van der Waals surface area contributed by atoms with Gasteiger partial charge in [0.15, 0.2) is 0 Å². The van der Waals surface area contributed by atoms with Crippen molar-refractivity contribution in [1.82, 2.24) is 5.32 Å². The number of rotatable bonds is 10. The highest BCUT2D eigenvalue weighted by Gasteiger charge is 2.33. The first kappa shape index (κ1) is 18.9. The zero-order valence-corrected chi connectivity index (χ0v) is 14.1. The van der Waals surface area contributed by atoms with Crippen LogP contribution >= 0.6 is 0 Å². The molecule has 1 rings (SSSR count). The number of nitrogens with one attached hydrogen (secondary N) is 1. The maximum Gasteiger partial charge on any atom is 0.0897 e. The number of β-amino-alcohol motifs (C(OH)–C–C–N with tert-alkyl or cyclic N) is 1. The predicted octanol–water partition coefficient (Wildman–Crippen LogP) is 2.33. The fraction of sp³-hybridized carbons (Fsp3) is 1.00. The van der Waals surface area contributed by atoms with E-state index in [1.54, 1.807) is 0 Å². The predicted molar refractivity (Wildman–Crippen MR) is 86.3 cm³/mol. The minimum atomic E-state index is -0.494. The monoisotopic (exact) mass is 301 g/mol. The Morgan fingerprint density at radius 3 is 2.52 bits per heavy atom. The van der Waals surface area contributed by atoms with Gasteiger partial charge in [-0.05, 0) is 50.4 Å². The first-order chi connectivity index (χ1) is 9.97. The van der Waals surface area contributed by atoms with Gasteiger partial charge in [-0.3, -0.25) is 0 Å². The van der Waals surface area contributed by atoms with Gasteiger partial charge in [-0.1, -0.05) is 20.8 Å². The maximum atomic E-state index is 9.98. The first-order valence-electron chi connectivity index (χ1n) is 8.59. The molecule has 3 N–H and O–H groups in total. The van der Waals surface area contributed by atoms with E-state index in [0.717, 1.165) is 44.6 Å². The molecule has 0 aromatic heterocycles. The van der Waals surface area contributed by atoms with Crippen LogP contribution in [-0.2, 0) is 4.74 Å². The maximum absolute atomic E-state index is 9.98. The molecule has 0 spiro atoms. The van der Waals surface area contributed by atoms with Gasteiger partial charge in [0.05, 0.1) is 19.3 Å². The zero-order valence-electron chi connectivity index (χ0n) is 14.1. The molecule has 1 aliphatic rings. The standard InChI is InChI=1S/C17H35NO3/c1-14(2)5-4-10-21-12-16(20)11-18-17(13-19)8-6-15(3)7-9-17/h14-16,18-20H,4-13H2,1-3H3. The Labute approximate surface area is 130 Å². The summed E-state index contributed by atoms with van der Waals surface area (Å²) in [5, 5.41) is 23.0. The van der Waals surface area contributed by atoms with Crippen molar-refractivity contribution >= 4 is 0 Å². The molecule has 0 aliphatic heterocycles. The quantitative estimate of drug-likeness (QED) is 0.542. The molecule has 1 aliphatic carbocycles. The molecule has 1 fully saturated rings. The van der Waals surface area contributed by atoms with Crippen LogP contribution in [0.3, 0.4) is 0 Å². The summed E-state index contributed by atoms with van der Waals surface area (Å²) in [6.07, 6.45) is 6.01. The van der Waals surface area contributed by atoms with Crippen molar-refractivity contribution in [3.63, 3.8) is 0 Å². The highest BCUT2D eigenvalue weighted by atomic mass is 16.5. The molecule has 1 saturated carbocycles. The molecule has 1 atom stereocenters. The second-order valence-electron chi connectivity index (χ2n) is 7.27. The summed E-state index contributed by atoms with van der Waals surface area (Å²) in [4.78, 5) is 0. The lowest BCUT2D eigenvalue weighted by molar-refractivity contribution is 0.0221. The summed E-state index contributed by atoms with van der Waals surface area (Å²) in [5.74, 6) is 1.46. The van der Waals surface area contributed by atoms with E-state index in [0.29, 0.717) is 19.1 Å². The molecule has 0 aromatic carbocycles. The van der Waals surface area contributed by atoms with Crippen molar-refractivity contribution in [1.29, 1.82) is 0 Å². The van der Waals surface area contributed by atoms with Crippen LogP contribution in [0.5, 0.6) is 0 Å². The molecule has 126 valence electrons. The number of aliphatic hydroxyl groups excluding tert-OH is 2. The third-order valence-electron chi connectivity index (χ3n) is 4.63. The van der Waals surface area contributed by atoms with Gasteiger partial charge >= 0.3 is 0 Å². The molecule has 0 amide bonds. The lowest BCUT2D eigenvalue weighted by Crippen LogP contribution is -2.53. The van der Waals surface area contributed by atoms with E-state index >= 15 is 0 Å². The Morgan fingerprint density at radius 2 is 1.95 bits per heavy atom. The largest absolute Gasteiger partial charge is 0.394 e. The van der Waals surface area contributed by atoms with Crippen LogP contribution < -0.4 is 5.32 Å². The third kappa shape index (κ3) is 7.59. The van der Waals surface area contributed by atoms with Crippen molar-refractivity contribution in [3.05, 3.63) is 0 Å². The van der Waals surface area contributed by atoms with Crippen LogP contribution in [0.1, 0.15) is 59.3 Å². The molecule has 21 heavy (non-hydrogen) atoms. The van der Waals surface area contributed by atoms with Gasteiger partial charge in [-0.15, -0.1) is 0 Å². The Hall–Kier alpha value is -0.160. The normalized spacial score (nSPS) is 28.0. The molecule has 0 saturated heterocycles. The summed E-state index contributed by atoms with van der Waals surface area (Å²) in [6, 6.07) is 0. The highest BCUT2D eigenvalue weighted by Crippen LogP contribution is 2.31. The average molecular weight is 301 g/mol. The Kier molecular flexibility index (Phi) is 8.79. The summed E-state index contributed by atoms with van der Waals surface area (Å²) >= 11 is 0. The topological polar surface area (TPSA) is 61.7 Å². The van der Waals surface area contributed by atoms with E-state index in [4.69, 9.17) is 4.74 Å². The Bertz CT molecular complexity index is 263. The lowest BCUT2D eigenvalue weighted by Gasteiger charge is -2.39. The Morgan fingerprint density at radius 1 is 1.29 bits per heavy atom. The van der Waals surface area contributed by atoms with Gasteiger partial charge in [0, 0.05) is 18.7 Å².